The summed E-state index contributed by atoms with van der Waals surface area (Å²) in [5, 5.41) is 2.48. The molecule has 0 spiro atoms. The lowest BCUT2D eigenvalue weighted by Crippen LogP contribution is -2.23. The fourth-order valence-electron chi connectivity index (χ4n) is 1.08. The van der Waals surface area contributed by atoms with E-state index in [0.29, 0.717) is 6.42 Å². The van der Waals surface area contributed by atoms with Crippen molar-refractivity contribution in [2.75, 3.05) is 19.3 Å². The van der Waals surface area contributed by atoms with Gasteiger partial charge < -0.3 is 5.32 Å². The van der Waals surface area contributed by atoms with Crippen LogP contribution in [0.2, 0.25) is 0 Å². The highest BCUT2D eigenvalue weighted by Gasteiger charge is 2.25. The molecule has 85 valence electrons. The Balaban J connectivity index is 3.83. The molecule has 0 fully saturated rings. The topological polar surface area (TPSA) is 46.2 Å². The van der Waals surface area contributed by atoms with E-state index < -0.39 is 15.3 Å². The molecule has 1 N–H and O–H groups in total. The van der Waals surface area contributed by atoms with E-state index in [4.69, 9.17) is 0 Å². The summed E-state index contributed by atoms with van der Waals surface area (Å²) in [5.41, 5.74) is -0.948. The van der Waals surface area contributed by atoms with E-state index in [-0.39, 0.29) is 12.3 Å². The van der Waals surface area contributed by atoms with Gasteiger partial charge in [-0.1, -0.05) is 26.2 Å². The number of sulfone groups is 1. The Hall–Kier alpha value is -0.160. The van der Waals surface area contributed by atoms with Gasteiger partial charge in [-0.15, -0.1) is 0 Å². The number of nitrogens with one attached hydrogen (secondary N) is 1. The molecular weight excluding hydrogens is 205 g/mol. The van der Waals surface area contributed by atoms with Crippen LogP contribution in [0, 0.1) is 5.50 Å². The Morgan fingerprint density at radius 1 is 1.29 bits per heavy atom. The van der Waals surface area contributed by atoms with Crippen molar-refractivity contribution in [3.8, 4) is 0 Å². The molecule has 0 rings (SSSR count). The van der Waals surface area contributed by atoms with Gasteiger partial charge in [0.15, 0.2) is 9.84 Å². The third kappa shape index (κ3) is 5.54. The Bertz CT molecular complexity index is 229. The number of unbranched alkanes of at least 4 members (excludes halogenated alkanes) is 3. The van der Waals surface area contributed by atoms with Crippen LogP contribution in [0.5, 0.6) is 0 Å². The molecule has 0 aliphatic rings. The van der Waals surface area contributed by atoms with Gasteiger partial charge in [-0.2, -0.15) is 0 Å². The fourth-order valence-corrected chi connectivity index (χ4v) is 2.25. The average molecular weight is 224 g/mol. The first kappa shape index (κ1) is 13.8. The molecule has 0 aliphatic heterocycles. The predicted molar refractivity (Wildman–Crippen MR) is 56.2 cm³/mol. The van der Waals surface area contributed by atoms with Gasteiger partial charge in [-0.3, -0.25) is 0 Å². The fraction of sp³-hybridized carbons (Fsp3) is 0.889. The van der Waals surface area contributed by atoms with Gasteiger partial charge >= 0.3 is 0 Å². The zero-order valence-corrected chi connectivity index (χ0v) is 9.66. The van der Waals surface area contributed by atoms with E-state index in [9.17, 15) is 12.8 Å². The molecule has 0 saturated carbocycles. The zero-order valence-electron chi connectivity index (χ0n) is 8.85. The number of rotatable bonds is 8. The maximum Gasteiger partial charge on any atom is 0.271 e. The highest BCUT2D eigenvalue weighted by Crippen LogP contribution is 2.14. The number of halogens is 1. The molecule has 0 bridgehead atoms. The third-order valence-electron chi connectivity index (χ3n) is 1.92. The van der Waals surface area contributed by atoms with Crippen molar-refractivity contribution in [1.82, 2.24) is 5.32 Å². The van der Waals surface area contributed by atoms with Crippen LogP contribution in [0.15, 0.2) is 0 Å². The van der Waals surface area contributed by atoms with Gasteiger partial charge in [0, 0.05) is 6.54 Å². The Kier molecular flexibility index (Phi) is 7.09. The minimum atomic E-state index is -3.62. The highest BCUT2D eigenvalue weighted by molar-refractivity contribution is 7.94. The van der Waals surface area contributed by atoms with Crippen molar-refractivity contribution in [2.24, 2.45) is 0 Å². The number of hydrogen-bond donors (Lipinski definition) is 1. The predicted octanol–water partition coefficient (Wildman–Crippen LogP) is 1.66. The Morgan fingerprint density at radius 2 is 1.93 bits per heavy atom. The van der Waals surface area contributed by atoms with Crippen molar-refractivity contribution < 1.29 is 12.8 Å². The summed E-state index contributed by atoms with van der Waals surface area (Å²) in [4.78, 5) is 0. The molecule has 0 aromatic rings. The molecule has 1 radical (unpaired) electrons. The molecule has 3 nitrogen and oxygen atoms in total. The van der Waals surface area contributed by atoms with Crippen LogP contribution in [0.25, 0.3) is 0 Å². The van der Waals surface area contributed by atoms with Crippen LogP contribution in [0.4, 0.5) is 4.39 Å². The van der Waals surface area contributed by atoms with Gasteiger partial charge in [0.05, 0.1) is 5.75 Å². The first-order valence-corrected chi connectivity index (χ1v) is 6.58. The first-order valence-electron chi connectivity index (χ1n) is 4.93. The van der Waals surface area contributed by atoms with Crippen LogP contribution in [-0.4, -0.2) is 27.8 Å². The summed E-state index contributed by atoms with van der Waals surface area (Å²) in [5.74, 6) is -0.0689. The molecule has 0 aromatic carbocycles. The largest absolute Gasteiger partial charge is 0.316 e. The second-order valence-electron chi connectivity index (χ2n) is 3.26. The van der Waals surface area contributed by atoms with Crippen molar-refractivity contribution in [3.63, 3.8) is 0 Å². The summed E-state index contributed by atoms with van der Waals surface area (Å²) >= 11 is 0. The van der Waals surface area contributed by atoms with Crippen LogP contribution >= 0.6 is 0 Å². The van der Waals surface area contributed by atoms with E-state index in [1.54, 1.807) is 0 Å². The molecule has 0 amide bonds. The summed E-state index contributed by atoms with van der Waals surface area (Å²) < 4.78 is 35.4. The maximum atomic E-state index is 13.0. The van der Waals surface area contributed by atoms with Crippen LogP contribution in [-0.2, 0) is 9.84 Å². The second-order valence-corrected chi connectivity index (χ2v) is 5.35. The Labute approximate surface area is 86.0 Å². The van der Waals surface area contributed by atoms with E-state index in [0.717, 1.165) is 19.3 Å². The van der Waals surface area contributed by atoms with Gasteiger partial charge in [-0.25, -0.2) is 12.8 Å². The van der Waals surface area contributed by atoms with Crippen LogP contribution < -0.4 is 5.32 Å². The molecule has 0 atom stereocenters. The lowest BCUT2D eigenvalue weighted by molar-refractivity contribution is 0.502. The van der Waals surface area contributed by atoms with Gasteiger partial charge in [-0.05, 0) is 13.5 Å². The van der Waals surface area contributed by atoms with Crippen LogP contribution in [0.1, 0.15) is 32.6 Å². The van der Waals surface area contributed by atoms with E-state index >= 15 is 0 Å². The lowest BCUT2D eigenvalue weighted by Gasteiger charge is -2.07. The summed E-state index contributed by atoms with van der Waals surface area (Å²) in [6.45, 7) is 1.85. The summed E-state index contributed by atoms with van der Waals surface area (Å²) in [6.07, 6.45) is 3.45. The molecule has 0 aliphatic carbocycles. The molecule has 0 aromatic heterocycles. The zero-order chi connectivity index (χ0) is 11.0. The quantitative estimate of drug-likeness (QED) is 0.638. The SMILES string of the molecule is CCCCCCS(=O)(=O)[C](F)CNC. The lowest BCUT2D eigenvalue weighted by atomic mass is 10.2. The second kappa shape index (κ2) is 7.17. The van der Waals surface area contributed by atoms with Crippen molar-refractivity contribution in [1.29, 1.82) is 0 Å². The van der Waals surface area contributed by atoms with Crippen molar-refractivity contribution >= 4 is 9.84 Å². The first-order chi connectivity index (χ1) is 6.54. The van der Waals surface area contributed by atoms with E-state index in [1.807, 2.05) is 6.92 Å². The Morgan fingerprint density at radius 3 is 2.43 bits per heavy atom. The van der Waals surface area contributed by atoms with Gasteiger partial charge in [0.25, 0.3) is 5.50 Å². The van der Waals surface area contributed by atoms with Crippen molar-refractivity contribution in [3.05, 3.63) is 5.50 Å². The molecule has 5 heteroatoms. The average Bonchev–Trinajstić information content (AvgIpc) is 2.13. The van der Waals surface area contributed by atoms with Crippen LogP contribution in [0.3, 0.4) is 0 Å². The third-order valence-corrected chi connectivity index (χ3v) is 3.57. The smallest absolute Gasteiger partial charge is 0.271 e. The highest BCUT2D eigenvalue weighted by atomic mass is 32.2. The minimum absolute atomic E-state index is 0.0689. The molecule has 0 heterocycles. The standard InChI is InChI=1S/C9H19FNO2S/c1-3-4-5-6-7-14(12,13)9(10)8-11-2/h11H,3-8H2,1-2H3. The van der Waals surface area contributed by atoms with E-state index in [2.05, 4.69) is 5.32 Å². The minimum Gasteiger partial charge on any atom is -0.316 e. The molecule has 0 saturated heterocycles. The molecule has 14 heavy (non-hydrogen) atoms. The summed E-state index contributed by atoms with van der Waals surface area (Å²) in [6, 6.07) is 0. The van der Waals surface area contributed by atoms with Gasteiger partial charge in [0.2, 0.25) is 0 Å². The monoisotopic (exact) mass is 224 g/mol. The molecular formula is C9H19FNO2S. The summed E-state index contributed by atoms with van der Waals surface area (Å²) in [7, 11) is -2.10. The van der Waals surface area contributed by atoms with Gasteiger partial charge in [0.1, 0.15) is 0 Å². The molecule has 0 unspecified atom stereocenters. The van der Waals surface area contributed by atoms with Crippen molar-refractivity contribution in [2.45, 2.75) is 32.6 Å². The maximum absolute atomic E-state index is 13.0. The van der Waals surface area contributed by atoms with E-state index in [1.165, 1.54) is 7.05 Å². The normalized spacial score (nSPS) is 12.3. The number of hydrogen-bond acceptors (Lipinski definition) is 3.